The van der Waals surface area contributed by atoms with Gasteiger partial charge >= 0.3 is 0 Å². The molecule has 0 radical (unpaired) electrons. The maximum atomic E-state index is 13.6. The number of H-pyrrole nitrogens is 1. The molecule has 0 spiro atoms. The number of carbonyl (C=O) groups excluding carboxylic acids is 3. The van der Waals surface area contributed by atoms with Gasteiger partial charge in [0.2, 0.25) is 11.8 Å². The van der Waals surface area contributed by atoms with Crippen LogP contribution in [0.25, 0.3) is 22.0 Å². The normalized spacial score (nSPS) is 18.7. The van der Waals surface area contributed by atoms with Gasteiger partial charge in [0, 0.05) is 23.6 Å². The fourth-order valence-electron chi connectivity index (χ4n) is 5.36. The smallest absolute Gasteiger partial charge is 0.256 e. The molecule has 0 bridgehead atoms. The molecule has 6 rings (SSSR count). The number of aromatic amines is 1. The maximum Gasteiger partial charge on any atom is 0.256 e. The number of fused-ring (bicyclic) bond motifs is 3. The molecule has 37 heavy (non-hydrogen) atoms. The lowest BCUT2D eigenvalue weighted by Crippen LogP contribution is -2.51. The SMILES string of the molecule is COc1ccc(-c2ccc3c(c2)C(=O)N2CCC(NC(=O)Cc4c[nH]c5ccccc45)C2C(=O)N3)cc1. The molecule has 3 N–H and O–H groups in total. The molecule has 0 saturated carbocycles. The number of amides is 3. The average molecular weight is 495 g/mol. The Morgan fingerprint density at radius 3 is 2.65 bits per heavy atom. The highest BCUT2D eigenvalue weighted by Crippen LogP contribution is 2.33. The summed E-state index contributed by atoms with van der Waals surface area (Å²) in [6.07, 6.45) is 2.54. The molecule has 1 saturated heterocycles. The number of benzene rings is 3. The van der Waals surface area contributed by atoms with Gasteiger partial charge in [-0.05, 0) is 53.4 Å². The highest BCUT2D eigenvalue weighted by atomic mass is 16.5. The second kappa shape index (κ2) is 9.13. The molecular weight excluding hydrogens is 468 g/mol. The van der Waals surface area contributed by atoms with Crippen LogP contribution in [-0.2, 0) is 16.0 Å². The van der Waals surface area contributed by atoms with E-state index in [1.54, 1.807) is 18.1 Å². The number of hydrogen-bond donors (Lipinski definition) is 3. The quantitative estimate of drug-likeness (QED) is 0.393. The lowest BCUT2D eigenvalue weighted by atomic mass is 10.0. The Morgan fingerprint density at radius 1 is 1.05 bits per heavy atom. The minimum Gasteiger partial charge on any atom is -0.497 e. The van der Waals surface area contributed by atoms with Crippen molar-refractivity contribution >= 4 is 34.3 Å². The largest absolute Gasteiger partial charge is 0.497 e. The predicted molar refractivity (Wildman–Crippen MR) is 140 cm³/mol. The third-order valence-corrected chi connectivity index (χ3v) is 7.23. The van der Waals surface area contributed by atoms with Crippen molar-refractivity contribution in [3.63, 3.8) is 0 Å². The van der Waals surface area contributed by atoms with Gasteiger partial charge < -0.3 is 25.3 Å². The van der Waals surface area contributed by atoms with Crippen LogP contribution in [0.3, 0.4) is 0 Å². The highest BCUT2D eigenvalue weighted by Gasteiger charge is 2.45. The summed E-state index contributed by atoms with van der Waals surface area (Å²) in [5, 5.41) is 6.93. The first-order chi connectivity index (χ1) is 18.0. The summed E-state index contributed by atoms with van der Waals surface area (Å²) in [5.74, 6) is 0.0567. The lowest BCUT2D eigenvalue weighted by Gasteiger charge is -2.25. The second-order valence-corrected chi connectivity index (χ2v) is 9.42. The Morgan fingerprint density at radius 2 is 1.84 bits per heavy atom. The number of hydrogen-bond acceptors (Lipinski definition) is 4. The molecule has 8 nitrogen and oxygen atoms in total. The number of nitrogens with one attached hydrogen (secondary N) is 3. The number of carbonyl (C=O) groups is 3. The summed E-state index contributed by atoms with van der Waals surface area (Å²) in [6, 6.07) is 19.6. The van der Waals surface area contributed by atoms with Gasteiger partial charge in [-0.2, -0.15) is 0 Å². The van der Waals surface area contributed by atoms with E-state index in [1.807, 2.05) is 66.9 Å². The molecule has 8 heteroatoms. The molecule has 4 aromatic rings. The zero-order valence-corrected chi connectivity index (χ0v) is 20.3. The minimum absolute atomic E-state index is 0.180. The summed E-state index contributed by atoms with van der Waals surface area (Å²) in [4.78, 5) is 44.5. The van der Waals surface area contributed by atoms with Crippen molar-refractivity contribution < 1.29 is 19.1 Å². The van der Waals surface area contributed by atoms with Crippen molar-refractivity contribution in [3.05, 3.63) is 84.1 Å². The molecule has 3 heterocycles. The maximum absolute atomic E-state index is 13.6. The topological polar surface area (TPSA) is 104 Å². The molecule has 186 valence electrons. The highest BCUT2D eigenvalue weighted by molar-refractivity contribution is 6.11. The Bertz CT molecular complexity index is 1520. The van der Waals surface area contributed by atoms with E-state index in [0.717, 1.165) is 33.3 Å². The number of anilines is 1. The van der Waals surface area contributed by atoms with Crippen molar-refractivity contribution in [2.45, 2.75) is 24.9 Å². The van der Waals surface area contributed by atoms with Crippen molar-refractivity contribution in [3.8, 4) is 16.9 Å². The molecule has 2 unspecified atom stereocenters. The van der Waals surface area contributed by atoms with E-state index in [9.17, 15) is 14.4 Å². The van der Waals surface area contributed by atoms with Gasteiger partial charge in [-0.25, -0.2) is 0 Å². The molecule has 1 fully saturated rings. The van der Waals surface area contributed by atoms with E-state index in [0.29, 0.717) is 24.2 Å². The average Bonchev–Trinajstić information content (AvgIpc) is 3.50. The van der Waals surface area contributed by atoms with Crippen molar-refractivity contribution in [1.82, 2.24) is 15.2 Å². The van der Waals surface area contributed by atoms with Gasteiger partial charge in [0.05, 0.1) is 30.8 Å². The Kier molecular flexibility index (Phi) is 5.64. The molecule has 1 aromatic heterocycles. The Balaban J connectivity index is 1.21. The monoisotopic (exact) mass is 494 g/mol. The molecule has 2 atom stereocenters. The summed E-state index contributed by atoms with van der Waals surface area (Å²) < 4.78 is 5.23. The van der Waals surface area contributed by atoms with Gasteiger partial charge in [0.25, 0.3) is 5.91 Å². The second-order valence-electron chi connectivity index (χ2n) is 9.42. The minimum atomic E-state index is -0.767. The van der Waals surface area contributed by atoms with Crippen molar-refractivity contribution in [2.75, 3.05) is 19.0 Å². The Hall–Kier alpha value is -4.59. The van der Waals surface area contributed by atoms with E-state index >= 15 is 0 Å². The first-order valence-electron chi connectivity index (χ1n) is 12.3. The number of para-hydroxylation sites is 1. The first-order valence-corrected chi connectivity index (χ1v) is 12.3. The molecule has 0 aliphatic carbocycles. The van der Waals surface area contributed by atoms with Crippen LogP contribution in [0, 0.1) is 0 Å². The number of aromatic nitrogens is 1. The molecular formula is C29H26N4O4. The zero-order valence-electron chi connectivity index (χ0n) is 20.3. The van der Waals surface area contributed by atoms with Crippen LogP contribution < -0.4 is 15.4 Å². The van der Waals surface area contributed by atoms with E-state index in [4.69, 9.17) is 4.74 Å². The number of ether oxygens (including phenoxy) is 1. The first kappa shape index (κ1) is 22.8. The predicted octanol–water partition coefficient (Wildman–Crippen LogP) is 3.74. The van der Waals surface area contributed by atoms with Gasteiger partial charge in [-0.1, -0.05) is 36.4 Å². The van der Waals surface area contributed by atoms with Crippen LogP contribution in [0.4, 0.5) is 5.69 Å². The summed E-state index contributed by atoms with van der Waals surface area (Å²) in [7, 11) is 1.61. The van der Waals surface area contributed by atoms with Gasteiger partial charge in [0.15, 0.2) is 0 Å². The van der Waals surface area contributed by atoms with Crippen molar-refractivity contribution in [1.29, 1.82) is 0 Å². The number of nitrogens with zero attached hydrogens (tertiary/aromatic N) is 1. The van der Waals surface area contributed by atoms with E-state index in [-0.39, 0.29) is 24.1 Å². The zero-order chi connectivity index (χ0) is 25.5. The fraction of sp³-hybridized carbons (Fsp3) is 0.207. The van der Waals surface area contributed by atoms with Crippen LogP contribution >= 0.6 is 0 Å². The lowest BCUT2D eigenvalue weighted by molar-refractivity contribution is -0.123. The third kappa shape index (κ3) is 4.10. The Labute approximate surface area is 213 Å². The molecule has 3 amide bonds. The van der Waals surface area contributed by atoms with Gasteiger partial charge in [-0.15, -0.1) is 0 Å². The van der Waals surface area contributed by atoms with Crippen LogP contribution in [0.2, 0.25) is 0 Å². The number of methoxy groups -OCH3 is 1. The van der Waals surface area contributed by atoms with Gasteiger partial charge in [0.1, 0.15) is 11.8 Å². The standard InChI is InChI=1S/C29H26N4O4/c1-37-20-9-6-17(7-10-20)18-8-11-24-22(14-18)29(36)33-13-12-25(27(33)28(35)32-24)31-26(34)15-19-16-30-23-5-3-2-4-21(19)23/h2-11,14,16,25,27,30H,12-13,15H2,1H3,(H,31,34)(H,32,35). The summed E-state index contributed by atoms with van der Waals surface area (Å²) in [5.41, 5.74) is 4.58. The van der Waals surface area contributed by atoms with E-state index in [1.165, 1.54) is 0 Å². The van der Waals surface area contributed by atoms with Crippen LogP contribution in [0.5, 0.6) is 5.75 Å². The third-order valence-electron chi connectivity index (χ3n) is 7.23. The fourth-order valence-corrected chi connectivity index (χ4v) is 5.36. The molecule has 2 aliphatic heterocycles. The number of rotatable bonds is 5. The van der Waals surface area contributed by atoms with Gasteiger partial charge in [-0.3, -0.25) is 14.4 Å². The molecule has 2 aliphatic rings. The van der Waals surface area contributed by atoms with Crippen LogP contribution in [0.15, 0.2) is 72.9 Å². The summed E-state index contributed by atoms with van der Waals surface area (Å²) in [6.45, 7) is 0.390. The van der Waals surface area contributed by atoms with E-state index < -0.39 is 12.1 Å². The molecule has 3 aromatic carbocycles. The summed E-state index contributed by atoms with van der Waals surface area (Å²) >= 11 is 0. The van der Waals surface area contributed by atoms with Crippen LogP contribution in [0.1, 0.15) is 22.3 Å². The van der Waals surface area contributed by atoms with E-state index in [2.05, 4.69) is 15.6 Å². The van der Waals surface area contributed by atoms with Crippen molar-refractivity contribution in [2.24, 2.45) is 0 Å². The van der Waals surface area contributed by atoms with Crippen LogP contribution in [-0.4, -0.2) is 53.3 Å².